The molecular formula is C14H20N2O2S. The molecule has 0 radical (unpaired) electrons. The van der Waals surface area contributed by atoms with Crippen molar-refractivity contribution < 1.29 is 9.59 Å². The van der Waals surface area contributed by atoms with Gasteiger partial charge in [-0.25, -0.2) is 0 Å². The summed E-state index contributed by atoms with van der Waals surface area (Å²) in [4.78, 5) is 23.4. The van der Waals surface area contributed by atoms with Crippen molar-refractivity contribution in [2.75, 3.05) is 18.1 Å². The van der Waals surface area contributed by atoms with Crippen molar-refractivity contribution in [1.82, 2.24) is 5.32 Å². The molecule has 0 bridgehead atoms. The zero-order chi connectivity index (χ0) is 14.4. The number of thioether (sulfide) groups is 1. The highest BCUT2D eigenvalue weighted by atomic mass is 32.2. The molecule has 0 aliphatic heterocycles. The first-order valence-corrected chi connectivity index (χ1v) is 7.23. The van der Waals surface area contributed by atoms with E-state index in [0.29, 0.717) is 22.3 Å². The Hall–Kier alpha value is -1.49. The molecule has 5 heteroatoms. The van der Waals surface area contributed by atoms with Gasteiger partial charge in [0.1, 0.15) is 0 Å². The third-order valence-electron chi connectivity index (χ3n) is 2.63. The normalized spacial score (nSPS) is 10.4. The van der Waals surface area contributed by atoms with Crippen LogP contribution in [-0.4, -0.2) is 29.9 Å². The van der Waals surface area contributed by atoms with Crippen molar-refractivity contribution in [3.63, 3.8) is 0 Å². The van der Waals surface area contributed by atoms with Gasteiger partial charge in [0.2, 0.25) is 5.91 Å². The Morgan fingerprint density at radius 3 is 2.58 bits per heavy atom. The Balaban J connectivity index is 2.79. The van der Waals surface area contributed by atoms with Crippen molar-refractivity contribution in [2.24, 2.45) is 0 Å². The van der Waals surface area contributed by atoms with Crippen molar-refractivity contribution in [3.8, 4) is 0 Å². The lowest BCUT2D eigenvalue weighted by atomic mass is 10.1. The lowest BCUT2D eigenvalue weighted by molar-refractivity contribution is -0.113. The minimum absolute atomic E-state index is 0.0455. The molecule has 0 aromatic heterocycles. The summed E-state index contributed by atoms with van der Waals surface area (Å²) in [6.07, 6.45) is 0. The number of rotatable bonds is 5. The predicted molar refractivity (Wildman–Crippen MR) is 80.8 cm³/mol. The Morgan fingerprint density at radius 2 is 2.00 bits per heavy atom. The van der Waals surface area contributed by atoms with Gasteiger partial charge in [0.25, 0.3) is 5.91 Å². The van der Waals surface area contributed by atoms with Gasteiger partial charge >= 0.3 is 0 Å². The van der Waals surface area contributed by atoms with Gasteiger partial charge in [0.15, 0.2) is 0 Å². The van der Waals surface area contributed by atoms with Crippen LogP contribution in [0.1, 0.15) is 29.8 Å². The Kier molecular flexibility index (Phi) is 5.89. The third kappa shape index (κ3) is 4.59. The number of carbonyl (C=O) groups excluding carboxylic acids is 2. The molecule has 0 aliphatic carbocycles. The van der Waals surface area contributed by atoms with Crippen LogP contribution in [0, 0.1) is 6.92 Å². The highest BCUT2D eigenvalue weighted by molar-refractivity contribution is 8.00. The molecule has 0 saturated carbocycles. The molecule has 0 aliphatic rings. The lowest BCUT2D eigenvalue weighted by Gasteiger charge is -2.12. The maximum Gasteiger partial charge on any atom is 0.251 e. The molecule has 104 valence electrons. The summed E-state index contributed by atoms with van der Waals surface area (Å²) in [5.41, 5.74) is 2.05. The first kappa shape index (κ1) is 15.6. The van der Waals surface area contributed by atoms with Crippen LogP contribution >= 0.6 is 11.8 Å². The average Bonchev–Trinajstić information content (AvgIpc) is 2.38. The summed E-state index contributed by atoms with van der Waals surface area (Å²) < 4.78 is 0. The topological polar surface area (TPSA) is 58.2 Å². The van der Waals surface area contributed by atoms with E-state index < -0.39 is 0 Å². The van der Waals surface area contributed by atoms with Crippen molar-refractivity contribution in [2.45, 2.75) is 26.0 Å². The number of carbonyl (C=O) groups is 2. The van der Waals surface area contributed by atoms with Crippen LogP contribution < -0.4 is 10.6 Å². The van der Waals surface area contributed by atoms with Gasteiger partial charge in [-0.05, 0) is 29.9 Å². The van der Waals surface area contributed by atoms with Crippen LogP contribution in [0.15, 0.2) is 18.2 Å². The molecule has 4 nitrogen and oxygen atoms in total. The van der Waals surface area contributed by atoms with Crippen LogP contribution in [0.25, 0.3) is 0 Å². The fourth-order valence-electron chi connectivity index (χ4n) is 1.58. The lowest BCUT2D eigenvalue weighted by Crippen LogP contribution is -2.21. The smallest absolute Gasteiger partial charge is 0.251 e. The van der Waals surface area contributed by atoms with E-state index in [4.69, 9.17) is 0 Å². The molecule has 0 saturated heterocycles. The second-order valence-electron chi connectivity index (χ2n) is 4.47. The van der Waals surface area contributed by atoms with Gasteiger partial charge in [-0.3, -0.25) is 9.59 Å². The zero-order valence-corrected chi connectivity index (χ0v) is 12.6. The SMILES string of the molecule is CNC(=O)c1cccc(NC(=O)CSC(C)C)c1C. The molecule has 2 amide bonds. The van der Waals surface area contributed by atoms with Gasteiger partial charge < -0.3 is 10.6 Å². The first-order chi connectivity index (χ1) is 8.95. The predicted octanol–water partition coefficient (Wildman–Crippen LogP) is 2.43. The number of nitrogens with one attached hydrogen (secondary N) is 2. The van der Waals surface area contributed by atoms with Gasteiger partial charge in [0, 0.05) is 18.3 Å². The van der Waals surface area contributed by atoms with Crippen LogP contribution in [0.4, 0.5) is 5.69 Å². The second-order valence-corrected chi connectivity index (χ2v) is 6.03. The summed E-state index contributed by atoms with van der Waals surface area (Å²) in [7, 11) is 1.59. The average molecular weight is 280 g/mol. The maximum atomic E-state index is 11.8. The number of benzene rings is 1. The Labute approximate surface area is 118 Å². The summed E-state index contributed by atoms with van der Waals surface area (Å²) in [6, 6.07) is 5.31. The van der Waals surface area contributed by atoms with Crippen LogP contribution in [0.5, 0.6) is 0 Å². The molecule has 1 aromatic carbocycles. The Morgan fingerprint density at radius 1 is 1.32 bits per heavy atom. The second kappa shape index (κ2) is 7.19. The molecule has 0 spiro atoms. The van der Waals surface area contributed by atoms with E-state index >= 15 is 0 Å². The first-order valence-electron chi connectivity index (χ1n) is 6.18. The minimum Gasteiger partial charge on any atom is -0.355 e. The molecule has 1 aromatic rings. The van der Waals surface area contributed by atoms with E-state index in [-0.39, 0.29) is 11.8 Å². The van der Waals surface area contributed by atoms with E-state index in [1.165, 1.54) is 0 Å². The molecule has 0 atom stereocenters. The highest BCUT2D eigenvalue weighted by Gasteiger charge is 2.12. The third-order valence-corrected chi connectivity index (χ3v) is 3.72. The molecule has 0 unspecified atom stereocenters. The van der Waals surface area contributed by atoms with E-state index in [2.05, 4.69) is 24.5 Å². The van der Waals surface area contributed by atoms with Crippen LogP contribution in [0.2, 0.25) is 0 Å². The number of hydrogen-bond acceptors (Lipinski definition) is 3. The minimum atomic E-state index is -0.148. The molecule has 19 heavy (non-hydrogen) atoms. The van der Waals surface area contributed by atoms with Crippen molar-refractivity contribution in [3.05, 3.63) is 29.3 Å². The Bertz CT molecular complexity index is 473. The fourth-order valence-corrected chi connectivity index (χ4v) is 2.14. The van der Waals surface area contributed by atoms with Gasteiger partial charge in [-0.15, -0.1) is 11.8 Å². The largest absolute Gasteiger partial charge is 0.355 e. The van der Waals surface area contributed by atoms with Crippen LogP contribution in [-0.2, 0) is 4.79 Å². The summed E-state index contributed by atoms with van der Waals surface area (Å²) in [5.74, 6) is 0.224. The zero-order valence-electron chi connectivity index (χ0n) is 11.7. The molecule has 0 heterocycles. The van der Waals surface area contributed by atoms with E-state index in [9.17, 15) is 9.59 Å². The fraction of sp³-hybridized carbons (Fsp3) is 0.429. The molecular weight excluding hydrogens is 260 g/mol. The van der Waals surface area contributed by atoms with E-state index in [1.807, 2.05) is 6.92 Å². The van der Waals surface area contributed by atoms with E-state index in [0.717, 1.165) is 5.56 Å². The van der Waals surface area contributed by atoms with Crippen molar-refractivity contribution >= 4 is 29.3 Å². The summed E-state index contributed by atoms with van der Waals surface area (Å²) in [5, 5.41) is 5.85. The summed E-state index contributed by atoms with van der Waals surface area (Å²) >= 11 is 1.59. The molecule has 0 fully saturated rings. The summed E-state index contributed by atoms with van der Waals surface area (Å²) in [6.45, 7) is 5.93. The van der Waals surface area contributed by atoms with E-state index in [1.54, 1.807) is 37.0 Å². The highest BCUT2D eigenvalue weighted by Crippen LogP contribution is 2.19. The van der Waals surface area contributed by atoms with Gasteiger partial charge in [0.05, 0.1) is 5.75 Å². The molecule has 1 rings (SSSR count). The quantitative estimate of drug-likeness (QED) is 0.871. The van der Waals surface area contributed by atoms with Crippen LogP contribution in [0.3, 0.4) is 0 Å². The molecule has 2 N–H and O–H groups in total. The number of amides is 2. The monoisotopic (exact) mass is 280 g/mol. The maximum absolute atomic E-state index is 11.8. The number of hydrogen-bond donors (Lipinski definition) is 2. The van der Waals surface area contributed by atoms with Gasteiger partial charge in [-0.1, -0.05) is 19.9 Å². The van der Waals surface area contributed by atoms with Crippen molar-refractivity contribution in [1.29, 1.82) is 0 Å². The number of anilines is 1. The standard InChI is InChI=1S/C14H20N2O2S/c1-9(2)19-8-13(17)16-12-7-5-6-11(10(12)3)14(18)15-4/h5-7,9H,8H2,1-4H3,(H,15,18)(H,16,17). The van der Waals surface area contributed by atoms with Gasteiger partial charge in [-0.2, -0.15) is 0 Å².